The first kappa shape index (κ1) is 19.9. The zero-order valence-corrected chi connectivity index (χ0v) is 17.7. The SMILES string of the molecule is CCOc1ccc(/C=c2/sc3nc(-c4ccccc4OC)nn3c2=O)cc1OCC. The van der Waals surface area contributed by atoms with Crippen LogP contribution in [-0.4, -0.2) is 34.9 Å². The fraction of sp³-hybridized carbons (Fsp3) is 0.227. The minimum absolute atomic E-state index is 0.213. The van der Waals surface area contributed by atoms with Gasteiger partial charge in [0.25, 0.3) is 5.56 Å². The molecule has 2 aromatic heterocycles. The van der Waals surface area contributed by atoms with Crippen molar-refractivity contribution < 1.29 is 14.2 Å². The molecule has 30 heavy (non-hydrogen) atoms. The first-order valence-corrected chi connectivity index (χ1v) is 10.4. The molecule has 0 spiro atoms. The third-order valence-corrected chi connectivity index (χ3v) is 5.35. The summed E-state index contributed by atoms with van der Waals surface area (Å²) in [5.74, 6) is 2.45. The van der Waals surface area contributed by atoms with Gasteiger partial charge in [-0.2, -0.15) is 9.50 Å². The van der Waals surface area contributed by atoms with Crippen LogP contribution in [0.1, 0.15) is 19.4 Å². The Kier molecular flexibility index (Phi) is 5.67. The second kappa shape index (κ2) is 8.54. The molecule has 4 aromatic rings. The van der Waals surface area contributed by atoms with Crippen molar-refractivity contribution in [3.63, 3.8) is 0 Å². The summed E-state index contributed by atoms with van der Waals surface area (Å²) in [6.07, 6.45) is 1.81. The normalized spacial score (nSPS) is 11.8. The predicted molar refractivity (Wildman–Crippen MR) is 117 cm³/mol. The van der Waals surface area contributed by atoms with Crippen LogP contribution in [0.15, 0.2) is 47.3 Å². The van der Waals surface area contributed by atoms with E-state index in [2.05, 4.69) is 10.1 Å². The summed E-state index contributed by atoms with van der Waals surface area (Å²) in [6, 6.07) is 13.1. The molecule has 0 radical (unpaired) electrons. The zero-order valence-electron chi connectivity index (χ0n) is 16.9. The summed E-state index contributed by atoms with van der Waals surface area (Å²) in [4.78, 5) is 17.9. The number of nitrogens with zero attached hydrogens (tertiary/aromatic N) is 3. The van der Waals surface area contributed by atoms with Gasteiger partial charge in [0.05, 0.1) is 30.4 Å². The highest BCUT2D eigenvalue weighted by atomic mass is 32.1. The third kappa shape index (κ3) is 3.73. The molecule has 0 amide bonds. The fourth-order valence-electron chi connectivity index (χ4n) is 3.09. The predicted octanol–water partition coefficient (Wildman–Crippen LogP) is 3.17. The quantitative estimate of drug-likeness (QED) is 0.455. The van der Waals surface area contributed by atoms with E-state index in [0.29, 0.717) is 45.8 Å². The van der Waals surface area contributed by atoms with E-state index in [1.165, 1.54) is 15.9 Å². The second-order valence-corrected chi connectivity index (χ2v) is 7.33. The number of aromatic nitrogens is 3. The lowest BCUT2D eigenvalue weighted by atomic mass is 10.2. The van der Waals surface area contributed by atoms with Gasteiger partial charge in [-0.05, 0) is 49.8 Å². The molecule has 0 unspecified atom stereocenters. The van der Waals surface area contributed by atoms with Gasteiger partial charge < -0.3 is 14.2 Å². The molecule has 0 aliphatic rings. The van der Waals surface area contributed by atoms with Crippen molar-refractivity contribution in [1.29, 1.82) is 0 Å². The van der Waals surface area contributed by atoms with Crippen molar-refractivity contribution >= 4 is 22.4 Å². The van der Waals surface area contributed by atoms with Crippen molar-refractivity contribution in [2.24, 2.45) is 0 Å². The van der Waals surface area contributed by atoms with Gasteiger partial charge in [0.2, 0.25) is 4.96 Å². The topological polar surface area (TPSA) is 75.0 Å². The average molecular weight is 423 g/mol. The molecular weight excluding hydrogens is 402 g/mol. The van der Waals surface area contributed by atoms with Crippen LogP contribution in [0.5, 0.6) is 17.2 Å². The van der Waals surface area contributed by atoms with Gasteiger partial charge in [-0.15, -0.1) is 5.10 Å². The number of ether oxygens (including phenoxy) is 3. The third-order valence-electron chi connectivity index (χ3n) is 4.39. The van der Waals surface area contributed by atoms with Crippen molar-refractivity contribution in [3.8, 4) is 28.6 Å². The number of rotatable bonds is 7. The molecule has 0 saturated carbocycles. The molecule has 0 atom stereocenters. The number of hydrogen-bond acceptors (Lipinski definition) is 7. The van der Waals surface area contributed by atoms with Crippen LogP contribution in [-0.2, 0) is 0 Å². The Morgan fingerprint density at radius 1 is 1.03 bits per heavy atom. The standard InChI is InChI=1S/C22H21N3O4S/c1-4-28-17-11-10-14(12-18(17)29-5-2)13-19-21(26)25-22(30-19)23-20(24-25)15-8-6-7-9-16(15)27-3/h6-13H,4-5H2,1-3H3/b19-13+. The van der Waals surface area contributed by atoms with Crippen LogP contribution in [0, 0.1) is 0 Å². The molecule has 0 N–H and O–H groups in total. The van der Waals surface area contributed by atoms with E-state index in [1.807, 2.05) is 62.4 Å². The molecule has 8 heteroatoms. The van der Waals surface area contributed by atoms with E-state index >= 15 is 0 Å². The summed E-state index contributed by atoms with van der Waals surface area (Å²) in [6.45, 7) is 4.92. The highest BCUT2D eigenvalue weighted by Gasteiger charge is 2.15. The van der Waals surface area contributed by atoms with Gasteiger partial charge in [0, 0.05) is 0 Å². The first-order valence-electron chi connectivity index (χ1n) is 9.59. The number of thiazole rings is 1. The highest BCUT2D eigenvalue weighted by molar-refractivity contribution is 7.15. The fourth-order valence-corrected chi connectivity index (χ4v) is 3.99. The summed E-state index contributed by atoms with van der Waals surface area (Å²) in [7, 11) is 1.59. The summed E-state index contributed by atoms with van der Waals surface area (Å²) in [5, 5.41) is 4.40. The summed E-state index contributed by atoms with van der Waals surface area (Å²) < 4.78 is 18.5. The number of hydrogen-bond donors (Lipinski definition) is 0. The first-order chi connectivity index (χ1) is 14.6. The lowest BCUT2D eigenvalue weighted by molar-refractivity contribution is 0.287. The van der Waals surface area contributed by atoms with Crippen LogP contribution in [0.4, 0.5) is 0 Å². The number of para-hydroxylation sites is 1. The molecule has 4 rings (SSSR count). The Morgan fingerprint density at radius 2 is 1.80 bits per heavy atom. The van der Waals surface area contributed by atoms with Crippen LogP contribution >= 0.6 is 11.3 Å². The van der Waals surface area contributed by atoms with E-state index in [1.54, 1.807) is 7.11 Å². The summed E-state index contributed by atoms with van der Waals surface area (Å²) >= 11 is 1.29. The van der Waals surface area contributed by atoms with E-state index in [9.17, 15) is 4.79 Å². The highest BCUT2D eigenvalue weighted by Crippen LogP contribution is 2.29. The molecule has 0 bridgehead atoms. The maximum atomic E-state index is 12.9. The molecular formula is C22H21N3O4S. The van der Waals surface area contributed by atoms with Crippen LogP contribution < -0.4 is 24.3 Å². The van der Waals surface area contributed by atoms with Crippen molar-refractivity contribution in [2.45, 2.75) is 13.8 Å². The Labute approximate surface area is 177 Å². The minimum atomic E-state index is -0.213. The zero-order chi connectivity index (χ0) is 21.1. The van der Waals surface area contributed by atoms with E-state index in [0.717, 1.165) is 11.1 Å². The monoisotopic (exact) mass is 423 g/mol. The van der Waals surface area contributed by atoms with E-state index in [-0.39, 0.29) is 5.56 Å². The molecule has 154 valence electrons. The lowest BCUT2D eigenvalue weighted by Gasteiger charge is -2.11. The van der Waals surface area contributed by atoms with Gasteiger partial charge in [0.1, 0.15) is 5.75 Å². The van der Waals surface area contributed by atoms with Gasteiger partial charge in [0.15, 0.2) is 17.3 Å². The molecule has 0 aliphatic carbocycles. The van der Waals surface area contributed by atoms with Gasteiger partial charge in [-0.25, -0.2) is 0 Å². The van der Waals surface area contributed by atoms with Gasteiger partial charge >= 0.3 is 0 Å². The van der Waals surface area contributed by atoms with Gasteiger partial charge in [-0.3, -0.25) is 4.79 Å². The van der Waals surface area contributed by atoms with Crippen LogP contribution in [0.3, 0.4) is 0 Å². The second-order valence-electron chi connectivity index (χ2n) is 6.32. The molecule has 0 saturated heterocycles. The molecule has 0 aliphatic heterocycles. The molecule has 2 aromatic carbocycles. The van der Waals surface area contributed by atoms with Gasteiger partial charge in [-0.1, -0.05) is 29.5 Å². The Balaban J connectivity index is 1.75. The maximum Gasteiger partial charge on any atom is 0.291 e. The number of fused-ring (bicyclic) bond motifs is 1. The largest absolute Gasteiger partial charge is 0.496 e. The van der Waals surface area contributed by atoms with Crippen molar-refractivity contribution in [1.82, 2.24) is 14.6 Å². The van der Waals surface area contributed by atoms with E-state index in [4.69, 9.17) is 14.2 Å². The Morgan fingerprint density at radius 3 is 2.53 bits per heavy atom. The Hall–Kier alpha value is -3.39. The lowest BCUT2D eigenvalue weighted by Crippen LogP contribution is -2.23. The van der Waals surface area contributed by atoms with Crippen LogP contribution in [0.2, 0.25) is 0 Å². The van der Waals surface area contributed by atoms with Crippen molar-refractivity contribution in [3.05, 3.63) is 62.9 Å². The average Bonchev–Trinajstić information content (AvgIpc) is 3.29. The van der Waals surface area contributed by atoms with Crippen molar-refractivity contribution in [2.75, 3.05) is 20.3 Å². The smallest absolute Gasteiger partial charge is 0.291 e. The minimum Gasteiger partial charge on any atom is -0.496 e. The number of benzene rings is 2. The molecule has 7 nitrogen and oxygen atoms in total. The molecule has 2 heterocycles. The Bertz CT molecular complexity index is 1300. The molecule has 0 fully saturated rings. The van der Waals surface area contributed by atoms with E-state index < -0.39 is 0 Å². The van der Waals surface area contributed by atoms with Crippen LogP contribution in [0.25, 0.3) is 22.4 Å². The maximum absolute atomic E-state index is 12.9. The summed E-state index contributed by atoms with van der Waals surface area (Å²) in [5.41, 5.74) is 1.37. The number of methoxy groups -OCH3 is 1.